The Morgan fingerprint density at radius 3 is 2.52 bits per heavy atom. The second kappa shape index (κ2) is 4.91. The highest BCUT2D eigenvalue weighted by Gasteiger charge is 3.00. The average molecular weight is 354 g/mol. The summed E-state index contributed by atoms with van der Waals surface area (Å²) in [5.41, 5.74) is 4.13. The predicted molar refractivity (Wildman–Crippen MR) is 93.8 cm³/mol. The summed E-state index contributed by atoms with van der Waals surface area (Å²) in [5.74, 6) is 1.66. The number of nitrogens with zero attached hydrogens (tertiary/aromatic N) is 3. The number of aliphatic imine (C=N–C) groups is 1. The highest BCUT2D eigenvalue weighted by Crippen LogP contribution is 2.88. The fraction of sp³-hybridized carbons (Fsp3) is 0.500. The topological polar surface area (TPSA) is 104 Å². The maximum Gasteiger partial charge on any atom is 0.231 e. The van der Waals surface area contributed by atoms with Gasteiger partial charge in [-0.25, -0.2) is 4.99 Å². The average Bonchev–Trinajstić information content (AvgIpc) is 2.85. The molecule has 7 heteroatoms. The Bertz CT molecular complexity index is 849. The van der Waals surface area contributed by atoms with Crippen molar-refractivity contribution in [2.45, 2.75) is 23.8 Å². The molecular formula is C18H18N4O2S. The molecule has 4 rings (SSSR count). The van der Waals surface area contributed by atoms with Crippen molar-refractivity contribution < 1.29 is 9.47 Å². The Hall–Kier alpha value is -2.22. The zero-order valence-corrected chi connectivity index (χ0v) is 14.9. The molecule has 25 heavy (non-hydrogen) atoms. The number of ether oxygens (including phenoxy) is 2. The molecule has 0 unspecified atom stereocenters. The second-order valence-electron chi connectivity index (χ2n) is 6.49. The van der Waals surface area contributed by atoms with E-state index in [1.807, 2.05) is 31.2 Å². The minimum absolute atomic E-state index is 0.212. The van der Waals surface area contributed by atoms with Gasteiger partial charge in [-0.2, -0.15) is 10.5 Å². The standard InChI is InChI=1S/C18H18N4O2S/c1-3-15(12-4-6-13(23-2)7-5-12)16(10-19)14(21)22-18(17(15,16)11-20)24-8-9-25-18/h4-7H,3,8-9H2,1-2H3,(H2,21,22)/t15-,16+,17-,18-/m1/s1. The SMILES string of the molecule is CC[C@@]1(c2ccc(OC)cc2)[C@]2(C#N)C(N)=N[C@@]3(OCCS3)[C@@]21C#N. The lowest BCUT2D eigenvalue weighted by atomic mass is 9.81. The Labute approximate surface area is 150 Å². The summed E-state index contributed by atoms with van der Waals surface area (Å²) in [5, 5.41) is 19.3. The number of nitrogens with two attached hydrogens (primary N) is 1. The molecule has 0 bridgehead atoms. The summed E-state index contributed by atoms with van der Waals surface area (Å²) in [4.78, 5) is 4.50. The van der Waals surface area contributed by atoms with Gasteiger partial charge in [-0.05, 0) is 24.1 Å². The molecular weight excluding hydrogens is 336 g/mol. The minimum atomic E-state index is -1.17. The van der Waals surface area contributed by atoms with Crippen molar-refractivity contribution in [3.63, 3.8) is 0 Å². The van der Waals surface area contributed by atoms with Crippen LogP contribution in [0, 0.1) is 33.5 Å². The Morgan fingerprint density at radius 1 is 1.32 bits per heavy atom. The third-order valence-corrected chi connectivity index (χ3v) is 7.31. The number of methoxy groups -OCH3 is 1. The van der Waals surface area contributed by atoms with Gasteiger partial charge in [0.25, 0.3) is 0 Å². The molecule has 1 saturated heterocycles. The van der Waals surface area contributed by atoms with Crippen LogP contribution >= 0.6 is 11.8 Å². The summed E-state index contributed by atoms with van der Waals surface area (Å²) >= 11 is 1.48. The molecule has 2 N–H and O–H groups in total. The normalized spacial score (nSPS) is 40.9. The van der Waals surface area contributed by atoms with Crippen molar-refractivity contribution in [3.8, 4) is 17.9 Å². The quantitative estimate of drug-likeness (QED) is 0.892. The van der Waals surface area contributed by atoms with Crippen molar-refractivity contribution >= 4 is 17.6 Å². The van der Waals surface area contributed by atoms with Gasteiger partial charge in [0.15, 0.2) is 10.8 Å². The fourth-order valence-corrected chi connectivity index (χ4v) is 6.45. The van der Waals surface area contributed by atoms with Crippen LogP contribution in [0.25, 0.3) is 0 Å². The molecule has 4 atom stereocenters. The van der Waals surface area contributed by atoms with E-state index in [0.29, 0.717) is 13.0 Å². The van der Waals surface area contributed by atoms with E-state index in [2.05, 4.69) is 17.1 Å². The zero-order chi connectivity index (χ0) is 17.9. The van der Waals surface area contributed by atoms with Gasteiger partial charge in [-0.15, -0.1) is 0 Å². The molecule has 1 saturated carbocycles. The van der Waals surface area contributed by atoms with Crippen LogP contribution in [-0.4, -0.2) is 30.4 Å². The van der Waals surface area contributed by atoms with Crippen LogP contribution < -0.4 is 10.5 Å². The molecule has 0 radical (unpaired) electrons. The Morgan fingerprint density at radius 2 is 2.04 bits per heavy atom. The maximum absolute atomic E-state index is 10.3. The highest BCUT2D eigenvalue weighted by molar-refractivity contribution is 8.00. The molecule has 3 aliphatic rings. The first-order valence-electron chi connectivity index (χ1n) is 8.16. The Kier molecular flexibility index (Phi) is 3.19. The summed E-state index contributed by atoms with van der Waals surface area (Å²) in [6, 6.07) is 12.3. The van der Waals surface area contributed by atoms with Crippen molar-refractivity contribution in [1.29, 1.82) is 10.5 Å². The van der Waals surface area contributed by atoms with Gasteiger partial charge in [-0.3, -0.25) is 0 Å². The molecule has 1 aromatic carbocycles. The lowest BCUT2D eigenvalue weighted by molar-refractivity contribution is 0.0137. The summed E-state index contributed by atoms with van der Waals surface area (Å²) in [7, 11) is 1.60. The number of fused-ring (bicyclic) bond motifs is 2. The largest absolute Gasteiger partial charge is 0.497 e. The first kappa shape index (κ1) is 16.3. The van der Waals surface area contributed by atoms with Crippen molar-refractivity contribution in [2.75, 3.05) is 19.5 Å². The third-order valence-electron chi connectivity index (χ3n) is 6.03. The Balaban J connectivity index is 1.99. The van der Waals surface area contributed by atoms with Crippen LogP contribution in [-0.2, 0) is 10.2 Å². The fourth-order valence-electron chi connectivity index (χ4n) is 5.08. The molecule has 2 heterocycles. The lowest BCUT2D eigenvalue weighted by Crippen LogP contribution is -2.39. The number of thioether (sulfide) groups is 1. The summed E-state index contributed by atoms with van der Waals surface area (Å²) < 4.78 is 11.2. The first-order chi connectivity index (χ1) is 12.1. The van der Waals surface area contributed by atoms with Gasteiger partial charge in [0.1, 0.15) is 11.6 Å². The van der Waals surface area contributed by atoms with E-state index in [9.17, 15) is 10.5 Å². The van der Waals surface area contributed by atoms with E-state index in [0.717, 1.165) is 17.1 Å². The van der Waals surface area contributed by atoms with E-state index in [4.69, 9.17) is 15.2 Å². The number of nitriles is 2. The lowest BCUT2D eigenvalue weighted by Gasteiger charge is -2.31. The van der Waals surface area contributed by atoms with E-state index in [-0.39, 0.29) is 5.84 Å². The van der Waals surface area contributed by atoms with Crippen LogP contribution in [0.4, 0.5) is 0 Å². The zero-order valence-electron chi connectivity index (χ0n) is 14.1. The molecule has 6 nitrogen and oxygen atoms in total. The van der Waals surface area contributed by atoms with E-state index in [1.54, 1.807) is 7.11 Å². The van der Waals surface area contributed by atoms with E-state index < -0.39 is 21.3 Å². The van der Waals surface area contributed by atoms with Crippen LogP contribution in [0.5, 0.6) is 5.75 Å². The maximum atomic E-state index is 10.3. The van der Waals surface area contributed by atoms with Gasteiger partial charge in [0, 0.05) is 11.2 Å². The van der Waals surface area contributed by atoms with Crippen LogP contribution in [0.1, 0.15) is 18.9 Å². The number of rotatable bonds is 3. The number of benzene rings is 1. The number of hydrogen-bond donors (Lipinski definition) is 1. The third kappa shape index (κ3) is 1.37. The van der Waals surface area contributed by atoms with Gasteiger partial charge < -0.3 is 15.2 Å². The molecule has 0 amide bonds. The summed E-state index contributed by atoms with van der Waals surface area (Å²) in [6.45, 7) is 2.48. The van der Waals surface area contributed by atoms with Gasteiger partial charge in [0.2, 0.25) is 5.06 Å². The van der Waals surface area contributed by atoms with Crippen molar-refractivity contribution in [3.05, 3.63) is 29.8 Å². The molecule has 1 aromatic rings. The number of hydrogen-bond acceptors (Lipinski definition) is 7. The molecule has 1 aliphatic carbocycles. The van der Waals surface area contributed by atoms with Gasteiger partial charge >= 0.3 is 0 Å². The van der Waals surface area contributed by atoms with Gasteiger partial charge in [0.05, 0.1) is 25.9 Å². The minimum Gasteiger partial charge on any atom is -0.497 e. The molecule has 128 valence electrons. The molecule has 1 spiro atoms. The molecule has 2 aliphatic heterocycles. The van der Waals surface area contributed by atoms with Gasteiger partial charge in [-0.1, -0.05) is 30.8 Å². The van der Waals surface area contributed by atoms with Crippen LogP contribution in [0.15, 0.2) is 29.3 Å². The van der Waals surface area contributed by atoms with E-state index >= 15 is 0 Å². The molecule has 0 aromatic heterocycles. The van der Waals surface area contributed by atoms with Crippen LogP contribution in [0.3, 0.4) is 0 Å². The smallest absolute Gasteiger partial charge is 0.231 e. The predicted octanol–water partition coefficient (Wildman–Crippen LogP) is 2.16. The van der Waals surface area contributed by atoms with Crippen LogP contribution in [0.2, 0.25) is 0 Å². The monoisotopic (exact) mass is 354 g/mol. The molecule has 2 fully saturated rings. The number of amidine groups is 1. The van der Waals surface area contributed by atoms with E-state index in [1.165, 1.54) is 11.8 Å². The second-order valence-corrected chi connectivity index (χ2v) is 7.74. The van der Waals surface area contributed by atoms with Crippen molar-refractivity contribution in [2.24, 2.45) is 21.6 Å². The summed E-state index contributed by atoms with van der Waals surface area (Å²) in [6.07, 6.45) is 0.586. The first-order valence-corrected chi connectivity index (χ1v) is 9.15. The highest BCUT2D eigenvalue weighted by atomic mass is 32.2. The van der Waals surface area contributed by atoms with Crippen molar-refractivity contribution in [1.82, 2.24) is 0 Å².